The molecule has 0 saturated carbocycles. The van der Waals surface area contributed by atoms with Crippen LogP contribution in [-0.2, 0) is 16.2 Å². The zero-order valence-electron chi connectivity index (χ0n) is 12.0. The molecule has 0 bridgehead atoms. The van der Waals surface area contributed by atoms with E-state index in [1.807, 2.05) is 18.7 Å². The molecule has 1 atom stereocenters. The number of ether oxygens (including phenoxy) is 1. The summed E-state index contributed by atoms with van der Waals surface area (Å²) < 4.78 is 5.80. The van der Waals surface area contributed by atoms with E-state index >= 15 is 0 Å². The zero-order valence-corrected chi connectivity index (χ0v) is 12.8. The first-order valence-electron chi connectivity index (χ1n) is 7.13. The molecular formula is C14H23N3OS. The van der Waals surface area contributed by atoms with Crippen LogP contribution in [0.2, 0.25) is 0 Å². The van der Waals surface area contributed by atoms with Crippen LogP contribution in [0, 0.1) is 0 Å². The van der Waals surface area contributed by atoms with E-state index in [0.717, 1.165) is 42.5 Å². The number of aromatic nitrogens is 2. The van der Waals surface area contributed by atoms with Crippen LogP contribution < -0.4 is 5.32 Å². The van der Waals surface area contributed by atoms with Crippen LogP contribution in [0.4, 0.5) is 5.82 Å². The van der Waals surface area contributed by atoms with Gasteiger partial charge in [-0.25, -0.2) is 9.97 Å². The Labute approximate surface area is 119 Å². The van der Waals surface area contributed by atoms with Gasteiger partial charge in [-0.05, 0) is 20.3 Å². The minimum absolute atomic E-state index is 0.0308. The second-order valence-electron chi connectivity index (χ2n) is 4.61. The molecule has 19 heavy (non-hydrogen) atoms. The predicted molar refractivity (Wildman–Crippen MR) is 80.5 cm³/mol. The summed E-state index contributed by atoms with van der Waals surface area (Å²) in [5.41, 5.74) is 2.47. The number of fused-ring (bicyclic) bond motifs is 1. The van der Waals surface area contributed by atoms with Crippen molar-refractivity contribution in [3.63, 3.8) is 0 Å². The summed E-state index contributed by atoms with van der Waals surface area (Å²) in [7, 11) is 0. The van der Waals surface area contributed by atoms with Crippen molar-refractivity contribution >= 4 is 17.6 Å². The van der Waals surface area contributed by atoms with Crippen LogP contribution in [0.15, 0.2) is 0 Å². The van der Waals surface area contributed by atoms with Gasteiger partial charge in [0.1, 0.15) is 11.9 Å². The third-order valence-electron chi connectivity index (χ3n) is 3.15. The van der Waals surface area contributed by atoms with E-state index in [1.165, 1.54) is 11.3 Å². The number of rotatable bonds is 7. The molecule has 0 fully saturated rings. The second-order valence-corrected chi connectivity index (χ2v) is 5.60. The lowest BCUT2D eigenvalue weighted by Crippen LogP contribution is -2.13. The normalized spacial score (nSPS) is 15.3. The van der Waals surface area contributed by atoms with Gasteiger partial charge in [0, 0.05) is 30.2 Å². The average Bonchev–Trinajstić information content (AvgIpc) is 2.87. The second kappa shape index (κ2) is 7.10. The highest BCUT2D eigenvalue weighted by atomic mass is 32.2. The van der Waals surface area contributed by atoms with E-state index in [4.69, 9.17) is 14.7 Å². The van der Waals surface area contributed by atoms with Crippen LogP contribution in [0.25, 0.3) is 0 Å². The van der Waals surface area contributed by atoms with Crippen LogP contribution in [0.1, 0.15) is 56.8 Å². The van der Waals surface area contributed by atoms with Crippen LogP contribution in [0.5, 0.6) is 0 Å². The lowest BCUT2D eigenvalue weighted by atomic mass is 10.1. The number of nitrogens with one attached hydrogen (secondary N) is 1. The number of thioether (sulfide) groups is 1. The molecule has 106 valence electrons. The standard InChI is InChI=1S/C14H23N3OS/c1-4-7-12(18-6-3)14-16-11-9-19-8-10(11)13(17-14)15-5-2/h12H,4-9H2,1-3H3,(H,15,16,17). The third-order valence-corrected chi connectivity index (χ3v) is 4.12. The van der Waals surface area contributed by atoms with Gasteiger partial charge in [-0.3, -0.25) is 0 Å². The molecule has 0 radical (unpaired) electrons. The highest BCUT2D eigenvalue weighted by Gasteiger charge is 2.23. The Morgan fingerprint density at radius 2 is 2.11 bits per heavy atom. The lowest BCUT2D eigenvalue weighted by Gasteiger charge is -2.17. The van der Waals surface area contributed by atoms with Gasteiger partial charge < -0.3 is 10.1 Å². The molecule has 0 saturated heterocycles. The Morgan fingerprint density at radius 3 is 2.79 bits per heavy atom. The molecular weight excluding hydrogens is 258 g/mol. The van der Waals surface area contributed by atoms with Crippen LogP contribution in [-0.4, -0.2) is 23.1 Å². The summed E-state index contributed by atoms with van der Waals surface area (Å²) in [6.45, 7) is 7.89. The topological polar surface area (TPSA) is 47.0 Å². The molecule has 4 nitrogen and oxygen atoms in total. The Bertz CT molecular complexity index is 419. The van der Waals surface area contributed by atoms with Crippen molar-refractivity contribution in [3.05, 3.63) is 17.1 Å². The third kappa shape index (κ3) is 3.39. The Balaban J connectivity index is 2.31. The first kappa shape index (κ1) is 14.6. The minimum Gasteiger partial charge on any atom is -0.371 e. The Kier molecular flexibility index (Phi) is 5.45. The van der Waals surface area contributed by atoms with E-state index in [0.29, 0.717) is 6.61 Å². The van der Waals surface area contributed by atoms with Crippen molar-refractivity contribution < 1.29 is 4.74 Å². The fraction of sp³-hybridized carbons (Fsp3) is 0.714. The zero-order chi connectivity index (χ0) is 13.7. The average molecular weight is 281 g/mol. The van der Waals surface area contributed by atoms with Crippen molar-refractivity contribution in [2.75, 3.05) is 18.5 Å². The highest BCUT2D eigenvalue weighted by molar-refractivity contribution is 7.98. The summed E-state index contributed by atoms with van der Waals surface area (Å²) in [4.78, 5) is 9.45. The molecule has 1 unspecified atom stereocenters. The molecule has 2 heterocycles. The molecule has 0 spiro atoms. The van der Waals surface area contributed by atoms with Gasteiger partial charge in [-0.2, -0.15) is 11.8 Å². The lowest BCUT2D eigenvalue weighted by molar-refractivity contribution is 0.0493. The number of hydrogen-bond donors (Lipinski definition) is 1. The molecule has 0 aliphatic carbocycles. The summed E-state index contributed by atoms with van der Waals surface area (Å²) >= 11 is 1.91. The summed E-state index contributed by atoms with van der Waals surface area (Å²) in [6.07, 6.45) is 2.09. The molecule has 1 aliphatic rings. The monoisotopic (exact) mass is 281 g/mol. The smallest absolute Gasteiger partial charge is 0.159 e. The molecule has 0 aromatic carbocycles. The summed E-state index contributed by atoms with van der Waals surface area (Å²) in [6, 6.07) is 0. The van der Waals surface area contributed by atoms with Gasteiger partial charge in [0.25, 0.3) is 0 Å². The maximum absolute atomic E-state index is 5.80. The maximum atomic E-state index is 5.80. The van der Waals surface area contributed by atoms with E-state index in [9.17, 15) is 0 Å². The molecule has 1 N–H and O–H groups in total. The van der Waals surface area contributed by atoms with Gasteiger partial charge in [-0.1, -0.05) is 13.3 Å². The summed E-state index contributed by atoms with van der Waals surface area (Å²) in [5, 5.41) is 3.37. The molecule has 2 rings (SSSR count). The van der Waals surface area contributed by atoms with Crippen molar-refractivity contribution in [3.8, 4) is 0 Å². The quantitative estimate of drug-likeness (QED) is 0.828. The van der Waals surface area contributed by atoms with E-state index in [1.54, 1.807) is 0 Å². The molecule has 0 amide bonds. The van der Waals surface area contributed by atoms with Crippen molar-refractivity contribution in [2.24, 2.45) is 0 Å². The fourth-order valence-corrected chi connectivity index (χ4v) is 3.32. The SMILES string of the molecule is CCCC(OCC)c1nc2c(c(NCC)n1)CSC2. The number of hydrogen-bond acceptors (Lipinski definition) is 5. The molecule has 1 aliphatic heterocycles. The fourth-order valence-electron chi connectivity index (χ4n) is 2.28. The van der Waals surface area contributed by atoms with Gasteiger partial charge in [-0.15, -0.1) is 0 Å². The van der Waals surface area contributed by atoms with Gasteiger partial charge in [0.05, 0.1) is 5.69 Å². The number of anilines is 1. The molecule has 1 aromatic heterocycles. The van der Waals surface area contributed by atoms with Gasteiger partial charge in [0.15, 0.2) is 5.82 Å². The minimum atomic E-state index is 0.0308. The Hall–Kier alpha value is -0.810. The first-order chi connectivity index (χ1) is 9.30. The van der Waals surface area contributed by atoms with Crippen LogP contribution in [0.3, 0.4) is 0 Å². The predicted octanol–water partition coefficient (Wildman–Crippen LogP) is 3.53. The van der Waals surface area contributed by atoms with E-state index in [-0.39, 0.29) is 6.10 Å². The van der Waals surface area contributed by atoms with E-state index in [2.05, 4.69) is 19.2 Å². The van der Waals surface area contributed by atoms with E-state index < -0.39 is 0 Å². The molecule has 5 heteroatoms. The number of nitrogens with zero attached hydrogens (tertiary/aromatic N) is 2. The van der Waals surface area contributed by atoms with Crippen LogP contribution >= 0.6 is 11.8 Å². The highest BCUT2D eigenvalue weighted by Crippen LogP contribution is 2.34. The van der Waals surface area contributed by atoms with Gasteiger partial charge >= 0.3 is 0 Å². The molecule has 1 aromatic rings. The first-order valence-corrected chi connectivity index (χ1v) is 8.28. The van der Waals surface area contributed by atoms with Gasteiger partial charge in [0.2, 0.25) is 0 Å². The largest absolute Gasteiger partial charge is 0.371 e. The maximum Gasteiger partial charge on any atom is 0.159 e. The van der Waals surface area contributed by atoms with Crippen molar-refractivity contribution in [1.82, 2.24) is 9.97 Å². The summed E-state index contributed by atoms with van der Waals surface area (Å²) in [5.74, 6) is 3.87. The Morgan fingerprint density at radius 1 is 1.26 bits per heavy atom. The van der Waals surface area contributed by atoms with Crippen molar-refractivity contribution in [2.45, 2.75) is 51.2 Å². The van der Waals surface area contributed by atoms with Crippen molar-refractivity contribution in [1.29, 1.82) is 0 Å².